The Morgan fingerprint density at radius 3 is 2.52 bits per heavy atom. The summed E-state index contributed by atoms with van der Waals surface area (Å²) in [4.78, 5) is 0.352. The number of methoxy groups -OCH3 is 1. The van der Waals surface area contributed by atoms with Gasteiger partial charge in [-0.2, -0.15) is 4.31 Å². The van der Waals surface area contributed by atoms with Gasteiger partial charge in [0.25, 0.3) is 0 Å². The van der Waals surface area contributed by atoms with Crippen LogP contribution in [-0.2, 0) is 27.2 Å². The first kappa shape index (κ1) is 16.8. The third-order valence-electron chi connectivity index (χ3n) is 4.05. The standard InChI is InChI=1S/C14H23ClN2O3S/c1-3-16-10-14(8-13(16)9-15)21(18,19)17-6-4-12(5-7-17)11-20-2/h8,10,12H,3-7,9,11H2,1-2H3. The Kier molecular flexibility index (Phi) is 5.71. The highest BCUT2D eigenvalue weighted by Gasteiger charge is 2.30. The van der Waals surface area contributed by atoms with Crippen molar-refractivity contribution < 1.29 is 13.2 Å². The van der Waals surface area contributed by atoms with Crippen LogP contribution in [0, 0.1) is 5.92 Å². The number of alkyl halides is 1. The van der Waals surface area contributed by atoms with Gasteiger partial charge in [0.05, 0.1) is 5.88 Å². The lowest BCUT2D eigenvalue weighted by atomic mass is 9.99. The molecule has 0 amide bonds. The molecule has 0 aromatic carbocycles. The van der Waals surface area contributed by atoms with Crippen molar-refractivity contribution in [1.29, 1.82) is 0 Å². The Hall–Kier alpha value is -0.560. The number of halogens is 1. The van der Waals surface area contributed by atoms with Crippen molar-refractivity contribution >= 4 is 21.6 Å². The molecule has 5 nitrogen and oxygen atoms in total. The summed E-state index contributed by atoms with van der Waals surface area (Å²) in [6, 6.07) is 1.69. The topological polar surface area (TPSA) is 51.5 Å². The van der Waals surface area contributed by atoms with E-state index < -0.39 is 10.0 Å². The first-order valence-electron chi connectivity index (χ1n) is 7.27. The summed E-state index contributed by atoms with van der Waals surface area (Å²) >= 11 is 5.87. The average molecular weight is 335 g/mol. The van der Waals surface area contributed by atoms with Crippen LogP contribution in [-0.4, -0.2) is 44.1 Å². The molecule has 0 N–H and O–H groups in total. The number of piperidine rings is 1. The van der Waals surface area contributed by atoms with Crippen LogP contribution in [0.1, 0.15) is 25.5 Å². The molecule has 0 atom stereocenters. The smallest absolute Gasteiger partial charge is 0.244 e. The SMILES string of the molecule is CCn1cc(S(=O)(=O)N2CCC(COC)CC2)cc1CCl. The first-order chi connectivity index (χ1) is 10.0. The highest BCUT2D eigenvalue weighted by molar-refractivity contribution is 7.89. The van der Waals surface area contributed by atoms with E-state index in [1.807, 2.05) is 11.5 Å². The van der Waals surface area contributed by atoms with Crippen molar-refractivity contribution in [3.8, 4) is 0 Å². The van der Waals surface area contributed by atoms with Crippen molar-refractivity contribution in [3.05, 3.63) is 18.0 Å². The van der Waals surface area contributed by atoms with E-state index in [4.69, 9.17) is 16.3 Å². The molecule has 0 spiro atoms. The maximum atomic E-state index is 12.7. The van der Waals surface area contributed by atoms with Crippen LogP contribution in [0.15, 0.2) is 17.2 Å². The van der Waals surface area contributed by atoms with Crippen LogP contribution in [0.5, 0.6) is 0 Å². The highest BCUT2D eigenvalue weighted by atomic mass is 35.5. The van der Waals surface area contributed by atoms with E-state index in [-0.39, 0.29) is 0 Å². The van der Waals surface area contributed by atoms with Crippen molar-refractivity contribution in [2.75, 3.05) is 26.8 Å². The summed E-state index contributed by atoms with van der Waals surface area (Å²) in [5.41, 5.74) is 0.840. The number of sulfonamides is 1. The highest BCUT2D eigenvalue weighted by Crippen LogP contribution is 2.25. The van der Waals surface area contributed by atoms with Crippen molar-refractivity contribution in [2.24, 2.45) is 5.92 Å². The van der Waals surface area contributed by atoms with Gasteiger partial charge in [0, 0.05) is 45.2 Å². The van der Waals surface area contributed by atoms with Crippen LogP contribution in [0.25, 0.3) is 0 Å². The number of rotatable bonds is 6. The van der Waals surface area contributed by atoms with Crippen molar-refractivity contribution in [2.45, 2.75) is 37.1 Å². The second-order valence-electron chi connectivity index (χ2n) is 5.39. The molecule has 0 radical (unpaired) electrons. The summed E-state index contributed by atoms with van der Waals surface area (Å²) in [7, 11) is -1.72. The van der Waals surface area contributed by atoms with E-state index in [1.54, 1.807) is 23.7 Å². The molecule has 120 valence electrons. The van der Waals surface area contributed by atoms with Gasteiger partial charge in [-0.1, -0.05) is 0 Å². The third kappa shape index (κ3) is 3.62. The van der Waals surface area contributed by atoms with Gasteiger partial charge in [0.1, 0.15) is 4.90 Å². The molecule has 1 saturated heterocycles. The minimum Gasteiger partial charge on any atom is -0.384 e. The number of nitrogens with zero attached hydrogens (tertiary/aromatic N) is 2. The zero-order valence-electron chi connectivity index (χ0n) is 12.6. The largest absolute Gasteiger partial charge is 0.384 e. The monoisotopic (exact) mass is 334 g/mol. The van der Waals surface area contributed by atoms with Gasteiger partial charge >= 0.3 is 0 Å². The molecule has 7 heteroatoms. The molecule has 1 aliphatic heterocycles. The van der Waals surface area contributed by atoms with Gasteiger partial charge in [-0.3, -0.25) is 0 Å². The van der Waals surface area contributed by atoms with Gasteiger partial charge in [0.2, 0.25) is 10.0 Å². The van der Waals surface area contributed by atoms with Gasteiger partial charge < -0.3 is 9.30 Å². The van der Waals surface area contributed by atoms with E-state index in [2.05, 4.69) is 0 Å². The third-order valence-corrected chi connectivity index (χ3v) is 6.19. The fourth-order valence-corrected chi connectivity index (χ4v) is 4.54. The first-order valence-corrected chi connectivity index (χ1v) is 9.24. The number of hydrogen-bond acceptors (Lipinski definition) is 3. The number of aromatic nitrogens is 1. The Morgan fingerprint density at radius 2 is 2.05 bits per heavy atom. The van der Waals surface area contributed by atoms with Crippen LogP contribution >= 0.6 is 11.6 Å². The molecule has 0 unspecified atom stereocenters. The fourth-order valence-electron chi connectivity index (χ4n) is 2.77. The Morgan fingerprint density at radius 1 is 1.38 bits per heavy atom. The lowest BCUT2D eigenvalue weighted by Crippen LogP contribution is -2.39. The maximum absolute atomic E-state index is 12.7. The predicted octanol–water partition coefficient (Wildman–Crippen LogP) is 2.29. The lowest BCUT2D eigenvalue weighted by Gasteiger charge is -2.30. The maximum Gasteiger partial charge on any atom is 0.244 e. The van der Waals surface area contributed by atoms with Gasteiger partial charge in [0.15, 0.2) is 0 Å². The number of aryl methyl sites for hydroxylation is 1. The molecule has 0 bridgehead atoms. The van der Waals surface area contributed by atoms with E-state index in [0.29, 0.717) is 42.9 Å². The van der Waals surface area contributed by atoms with E-state index in [1.165, 1.54) is 0 Å². The van der Waals surface area contributed by atoms with E-state index >= 15 is 0 Å². The summed E-state index contributed by atoms with van der Waals surface area (Å²) < 4.78 is 34.0. The summed E-state index contributed by atoms with van der Waals surface area (Å²) in [6.07, 6.45) is 3.39. The Balaban J connectivity index is 2.13. The number of hydrogen-bond donors (Lipinski definition) is 0. The molecule has 0 aliphatic carbocycles. The molecule has 2 heterocycles. The van der Waals surface area contributed by atoms with Crippen LogP contribution in [0.3, 0.4) is 0 Å². The molecular weight excluding hydrogens is 312 g/mol. The van der Waals surface area contributed by atoms with Crippen LogP contribution in [0.4, 0.5) is 0 Å². The molecule has 2 rings (SSSR count). The van der Waals surface area contributed by atoms with E-state index in [0.717, 1.165) is 18.5 Å². The quantitative estimate of drug-likeness (QED) is 0.750. The Labute approximate surface area is 131 Å². The second kappa shape index (κ2) is 7.13. The molecule has 1 fully saturated rings. The van der Waals surface area contributed by atoms with Gasteiger partial charge in [-0.15, -0.1) is 11.6 Å². The second-order valence-corrected chi connectivity index (χ2v) is 7.59. The normalized spacial score (nSPS) is 18.2. The molecule has 0 saturated carbocycles. The lowest BCUT2D eigenvalue weighted by molar-refractivity contribution is 0.121. The fraction of sp³-hybridized carbons (Fsp3) is 0.714. The zero-order valence-corrected chi connectivity index (χ0v) is 14.2. The molecule has 1 aromatic heterocycles. The van der Waals surface area contributed by atoms with Gasteiger partial charge in [-0.05, 0) is 31.7 Å². The summed E-state index contributed by atoms with van der Waals surface area (Å²) in [5, 5.41) is 0. The summed E-state index contributed by atoms with van der Waals surface area (Å²) in [6.45, 7) is 4.51. The van der Waals surface area contributed by atoms with Crippen molar-refractivity contribution in [3.63, 3.8) is 0 Å². The van der Waals surface area contributed by atoms with Crippen LogP contribution in [0.2, 0.25) is 0 Å². The molecule has 1 aromatic rings. The molecule has 21 heavy (non-hydrogen) atoms. The molecular formula is C14H23ClN2O3S. The van der Waals surface area contributed by atoms with Crippen LogP contribution < -0.4 is 0 Å². The summed E-state index contributed by atoms with van der Waals surface area (Å²) in [5.74, 6) is 0.777. The predicted molar refractivity (Wildman–Crippen MR) is 83.0 cm³/mol. The van der Waals surface area contributed by atoms with Gasteiger partial charge in [-0.25, -0.2) is 8.42 Å². The molecule has 1 aliphatic rings. The van der Waals surface area contributed by atoms with E-state index in [9.17, 15) is 8.42 Å². The van der Waals surface area contributed by atoms with Crippen molar-refractivity contribution in [1.82, 2.24) is 8.87 Å². The minimum absolute atomic E-state index is 0.319. The Bertz CT molecular complexity index is 541. The minimum atomic E-state index is -3.41. The zero-order chi connectivity index (χ0) is 15.5. The average Bonchev–Trinajstić information content (AvgIpc) is 2.92. The number of ether oxygens (including phenoxy) is 1.